The van der Waals surface area contributed by atoms with Gasteiger partial charge in [-0.15, -0.1) is 0 Å². The first-order valence-electron chi connectivity index (χ1n) is 5.23. The highest BCUT2D eigenvalue weighted by Gasteiger charge is 2.12. The summed E-state index contributed by atoms with van der Waals surface area (Å²) in [7, 11) is 1.82. The van der Waals surface area contributed by atoms with Crippen LogP contribution in [0, 0.1) is 6.92 Å². The number of pyridine rings is 1. The third-order valence-corrected chi connectivity index (χ3v) is 2.56. The minimum atomic E-state index is 0.647. The molecular weight excluding hydrogens is 218 g/mol. The third kappa shape index (κ3) is 1.54. The summed E-state index contributed by atoms with van der Waals surface area (Å²) in [4.78, 5) is 15.9. The molecular formula is C11H11N5O. The summed E-state index contributed by atoms with van der Waals surface area (Å²) in [6, 6.07) is 3.81. The summed E-state index contributed by atoms with van der Waals surface area (Å²) >= 11 is 0. The van der Waals surface area contributed by atoms with Crippen molar-refractivity contribution in [1.82, 2.24) is 19.9 Å². The molecule has 3 rings (SSSR count). The van der Waals surface area contributed by atoms with Crippen molar-refractivity contribution in [3.63, 3.8) is 0 Å². The van der Waals surface area contributed by atoms with Crippen molar-refractivity contribution < 1.29 is 4.42 Å². The molecule has 0 radical (unpaired) electrons. The molecule has 0 bridgehead atoms. The van der Waals surface area contributed by atoms with Crippen molar-refractivity contribution in [3.05, 3.63) is 24.2 Å². The molecule has 0 saturated heterocycles. The highest BCUT2D eigenvalue weighted by molar-refractivity contribution is 5.76. The van der Waals surface area contributed by atoms with Gasteiger partial charge in [0.15, 0.2) is 23.6 Å². The number of H-pyrrole nitrogens is 1. The van der Waals surface area contributed by atoms with E-state index in [0.717, 1.165) is 17.0 Å². The van der Waals surface area contributed by atoms with Crippen molar-refractivity contribution in [2.24, 2.45) is 0 Å². The van der Waals surface area contributed by atoms with Gasteiger partial charge in [-0.25, -0.2) is 15.0 Å². The lowest BCUT2D eigenvalue weighted by atomic mass is 10.3. The smallest absolute Gasteiger partial charge is 0.192 e. The van der Waals surface area contributed by atoms with Crippen LogP contribution >= 0.6 is 0 Å². The number of nitrogens with one attached hydrogen (secondary N) is 2. The highest BCUT2D eigenvalue weighted by atomic mass is 16.3. The number of hydrogen-bond acceptors (Lipinski definition) is 5. The monoisotopic (exact) mass is 229 g/mol. The lowest BCUT2D eigenvalue weighted by Gasteiger charge is -1.95. The summed E-state index contributed by atoms with van der Waals surface area (Å²) in [5.41, 5.74) is 2.33. The first-order valence-corrected chi connectivity index (χ1v) is 5.23. The summed E-state index contributed by atoms with van der Waals surface area (Å²) in [5.74, 6) is 2.08. The summed E-state index contributed by atoms with van der Waals surface area (Å²) in [6.07, 6.45) is 1.41. The average Bonchev–Trinajstić information content (AvgIpc) is 2.93. The number of imidazole rings is 1. The minimum absolute atomic E-state index is 0.647. The number of aromatic amines is 1. The second-order valence-corrected chi connectivity index (χ2v) is 3.67. The van der Waals surface area contributed by atoms with Crippen LogP contribution in [0.4, 0.5) is 5.82 Å². The van der Waals surface area contributed by atoms with Gasteiger partial charge in [0, 0.05) is 7.05 Å². The summed E-state index contributed by atoms with van der Waals surface area (Å²) in [6.45, 7) is 1.87. The summed E-state index contributed by atoms with van der Waals surface area (Å²) < 4.78 is 5.29. The zero-order chi connectivity index (χ0) is 11.8. The first kappa shape index (κ1) is 9.83. The fourth-order valence-corrected chi connectivity index (χ4v) is 1.67. The van der Waals surface area contributed by atoms with Crippen LogP contribution in [0.15, 0.2) is 22.9 Å². The molecule has 6 nitrogen and oxygen atoms in total. The van der Waals surface area contributed by atoms with Crippen molar-refractivity contribution in [2.45, 2.75) is 6.92 Å². The van der Waals surface area contributed by atoms with Crippen LogP contribution in [0.1, 0.15) is 5.69 Å². The normalized spacial score (nSPS) is 10.9. The fourth-order valence-electron chi connectivity index (χ4n) is 1.67. The van der Waals surface area contributed by atoms with E-state index in [2.05, 4.69) is 25.3 Å². The lowest BCUT2D eigenvalue weighted by Crippen LogP contribution is -1.91. The fraction of sp³-hybridized carbons (Fsp3) is 0.182. The molecule has 0 unspecified atom stereocenters. The van der Waals surface area contributed by atoms with E-state index >= 15 is 0 Å². The standard InChI is InChI=1S/C11H11N5O/c1-6-9(17-5-13-6)11-14-7-3-4-8(12-2)15-10(7)16-11/h3-5H,1-2H3,(H2,12,14,15,16). The Morgan fingerprint density at radius 3 is 2.88 bits per heavy atom. The van der Waals surface area contributed by atoms with Crippen LogP contribution in [0.25, 0.3) is 22.7 Å². The van der Waals surface area contributed by atoms with Gasteiger partial charge in [-0.2, -0.15) is 0 Å². The molecule has 2 N–H and O–H groups in total. The maximum Gasteiger partial charge on any atom is 0.192 e. The molecule has 6 heteroatoms. The van der Waals surface area contributed by atoms with E-state index in [-0.39, 0.29) is 0 Å². The van der Waals surface area contributed by atoms with Crippen LogP contribution in [-0.2, 0) is 0 Å². The molecule has 3 aromatic heterocycles. The topological polar surface area (TPSA) is 79.6 Å². The van der Waals surface area contributed by atoms with E-state index in [4.69, 9.17) is 4.42 Å². The van der Waals surface area contributed by atoms with E-state index < -0.39 is 0 Å². The van der Waals surface area contributed by atoms with Crippen LogP contribution in [0.5, 0.6) is 0 Å². The average molecular weight is 229 g/mol. The molecule has 0 aliphatic rings. The molecule has 0 saturated carbocycles. The summed E-state index contributed by atoms with van der Waals surface area (Å²) in [5, 5.41) is 2.97. The zero-order valence-electron chi connectivity index (χ0n) is 9.48. The lowest BCUT2D eigenvalue weighted by molar-refractivity contribution is 0.567. The van der Waals surface area contributed by atoms with Gasteiger partial charge in [-0.1, -0.05) is 0 Å². The molecule has 0 fully saturated rings. The number of aromatic nitrogens is 4. The zero-order valence-corrected chi connectivity index (χ0v) is 9.48. The van der Waals surface area contributed by atoms with E-state index in [1.54, 1.807) is 0 Å². The van der Waals surface area contributed by atoms with Gasteiger partial charge in [-0.3, -0.25) is 0 Å². The number of anilines is 1. The van der Waals surface area contributed by atoms with E-state index in [9.17, 15) is 0 Å². The number of nitrogens with zero attached hydrogens (tertiary/aromatic N) is 3. The Balaban J connectivity index is 2.17. The van der Waals surface area contributed by atoms with Gasteiger partial charge in [0.05, 0.1) is 11.2 Å². The number of fused-ring (bicyclic) bond motifs is 1. The Labute approximate surface area is 97.1 Å². The maximum atomic E-state index is 5.29. The van der Waals surface area contributed by atoms with Crippen LogP contribution < -0.4 is 5.32 Å². The Morgan fingerprint density at radius 1 is 1.29 bits per heavy atom. The largest absolute Gasteiger partial charge is 0.440 e. The third-order valence-electron chi connectivity index (χ3n) is 2.56. The Kier molecular flexibility index (Phi) is 2.07. The Hall–Kier alpha value is -2.37. The molecule has 0 aliphatic heterocycles. The van der Waals surface area contributed by atoms with Gasteiger partial charge in [0.1, 0.15) is 5.82 Å². The highest BCUT2D eigenvalue weighted by Crippen LogP contribution is 2.22. The number of rotatable bonds is 2. The molecule has 0 amide bonds. The SMILES string of the molecule is CNc1ccc2[nH]c(-c3ocnc3C)nc2n1. The molecule has 0 atom stereocenters. The molecule has 0 aliphatic carbocycles. The van der Waals surface area contributed by atoms with E-state index in [1.807, 2.05) is 26.1 Å². The molecule has 17 heavy (non-hydrogen) atoms. The Morgan fingerprint density at radius 2 is 2.18 bits per heavy atom. The molecule has 0 aromatic carbocycles. The van der Waals surface area contributed by atoms with Gasteiger partial charge < -0.3 is 14.7 Å². The number of hydrogen-bond donors (Lipinski definition) is 2. The van der Waals surface area contributed by atoms with Crippen LogP contribution in [0.3, 0.4) is 0 Å². The molecule has 3 heterocycles. The molecule has 0 spiro atoms. The maximum absolute atomic E-state index is 5.29. The predicted octanol–water partition coefficient (Wildman–Crippen LogP) is 1.96. The van der Waals surface area contributed by atoms with Gasteiger partial charge in [0.2, 0.25) is 0 Å². The van der Waals surface area contributed by atoms with Crippen molar-refractivity contribution >= 4 is 17.0 Å². The van der Waals surface area contributed by atoms with Crippen molar-refractivity contribution in [2.75, 3.05) is 12.4 Å². The predicted molar refractivity (Wildman–Crippen MR) is 63.7 cm³/mol. The van der Waals surface area contributed by atoms with Crippen LogP contribution in [0.2, 0.25) is 0 Å². The molecule has 3 aromatic rings. The number of oxazole rings is 1. The number of aryl methyl sites for hydroxylation is 1. The molecule has 86 valence electrons. The second kappa shape index (κ2) is 3.58. The Bertz CT molecular complexity index is 669. The van der Waals surface area contributed by atoms with Crippen molar-refractivity contribution in [1.29, 1.82) is 0 Å². The van der Waals surface area contributed by atoms with Gasteiger partial charge in [0.25, 0.3) is 0 Å². The van der Waals surface area contributed by atoms with E-state index in [1.165, 1.54) is 6.39 Å². The van der Waals surface area contributed by atoms with Crippen molar-refractivity contribution in [3.8, 4) is 11.6 Å². The first-order chi connectivity index (χ1) is 8.28. The van der Waals surface area contributed by atoms with Gasteiger partial charge >= 0.3 is 0 Å². The minimum Gasteiger partial charge on any atom is -0.440 e. The van der Waals surface area contributed by atoms with Crippen LogP contribution in [-0.4, -0.2) is 27.0 Å². The van der Waals surface area contributed by atoms with E-state index in [0.29, 0.717) is 17.2 Å². The van der Waals surface area contributed by atoms with Gasteiger partial charge in [-0.05, 0) is 19.1 Å². The quantitative estimate of drug-likeness (QED) is 0.702. The second-order valence-electron chi connectivity index (χ2n) is 3.67.